The van der Waals surface area contributed by atoms with Crippen molar-refractivity contribution in [3.05, 3.63) is 39.8 Å². The summed E-state index contributed by atoms with van der Waals surface area (Å²) in [5.74, 6) is 0. The van der Waals surface area contributed by atoms with Gasteiger partial charge >= 0.3 is 0 Å². The van der Waals surface area contributed by atoms with Gasteiger partial charge in [-0.05, 0) is 37.1 Å². The lowest BCUT2D eigenvalue weighted by molar-refractivity contribution is 0.0652. The second kappa shape index (κ2) is 5.14. The number of hydrogen-bond acceptors (Lipinski definition) is 5. The van der Waals surface area contributed by atoms with Crippen LogP contribution in [0.15, 0.2) is 34.2 Å². The molecule has 1 aromatic rings. The number of hydrogen-bond donors (Lipinski definition) is 1. The van der Waals surface area contributed by atoms with Crippen LogP contribution in [0, 0.1) is 0 Å². The molecule has 24 heavy (non-hydrogen) atoms. The first-order chi connectivity index (χ1) is 11.8. The average Bonchev–Trinajstić information content (AvgIpc) is 2.97. The van der Waals surface area contributed by atoms with Crippen LogP contribution in [0.1, 0.15) is 18.9 Å². The Bertz CT molecular complexity index is 1050. The molecule has 0 amide bonds. The fraction of sp³-hybridized carbons (Fsp3) is 0.278. The fourth-order valence-electron chi connectivity index (χ4n) is 3.66. The second-order valence-electron chi connectivity index (χ2n) is 6.23. The van der Waals surface area contributed by atoms with Gasteiger partial charge in [0.2, 0.25) is 0 Å². The van der Waals surface area contributed by atoms with Crippen LogP contribution < -0.4 is 16.2 Å². The highest BCUT2D eigenvalue weighted by Crippen LogP contribution is 2.35. The standard InChI is InChI=1S/C18H16N4O2/c23-18-14-2-1-11-5-8-19-20-17(11)13-3-4-15(16(13)14)21-22(18)12-6-9-24-10-7-12/h1-5,8,12,20H,6-7,9-10H2. The topological polar surface area (TPSA) is 68.5 Å². The molecule has 0 radical (unpaired) electrons. The van der Waals surface area contributed by atoms with Gasteiger partial charge in [0.05, 0.1) is 22.6 Å². The molecule has 0 saturated carbocycles. The molecule has 1 fully saturated rings. The maximum absolute atomic E-state index is 13.1. The highest BCUT2D eigenvalue weighted by Gasteiger charge is 2.23. The van der Waals surface area contributed by atoms with Crippen molar-refractivity contribution >= 4 is 28.9 Å². The van der Waals surface area contributed by atoms with Gasteiger partial charge in [-0.15, -0.1) is 0 Å². The van der Waals surface area contributed by atoms with E-state index in [0.717, 1.165) is 40.4 Å². The van der Waals surface area contributed by atoms with Crippen molar-refractivity contribution in [2.24, 2.45) is 5.10 Å². The van der Waals surface area contributed by atoms with Crippen LogP contribution in [-0.4, -0.2) is 29.2 Å². The van der Waals surface area contributed by atoms with Crippen molar-refractivity contribution in [3.63, 3.8) is 0 Å². The van der Waals surface area contributed by atoms with Crippen molar-refractivity contribution in [2.45, 2.75) is 18.9 Å². The van der Waals surface area contributed by atoms with Crippen molar-refractivity contribution in [3.8, 4) is 11.1 Å². The third kappa shape index (κ3) is 1.89. The van der Waals surface area contributed by atoms with Crippen molar-refractivity contribution in [1.82, 2.24) is 9.78 Å². The Labute approximate surface area is 137 Å². The summed E-state index contributed by atoms with van der Waals surface area (Å²) in [5, 5.41) is 10.5. The fourth-order valence-corrected chi connectivity index (χ4v) is 3.66. The highest BCUT2D eigenvalue weighted by molar-refractivity contribution is 6.03. The zero-order valence-corrected chi connectivity index (χ0v) is 13.0. The van der Waals surface area contributed by atoms with Gasteiger partial charge in [0, 0.05) is 35.8 Å². The van der Waals surface area contributed by atoms with Gasteiger partial charge in [0.15, 0.2) is 0 Å². The molecular weight excluding hydrogens is 304 g/mol. The minimum atomic E-state index is -0.0288. The number of fused-ring (bicyclic) bond motifs is 2. The predicted octanol–water partition coefficient (Wildman–Crippen LogP) is 1.76. The molecule has 0 aromatic carbocycles. The smallest absolute Gasteiger partial charge is 0.274 e. The Hall–Kier alpha value is -2.73. The SMILES string of the molecule is O=c1c2ccc3c(c4ccc(nn1C1CCOCC1)c2-4)NN=CC=3. The quantitative estimate of drug-likeness (QED) is 0.742. The molecule has 1 aromatic heterocycles. The summed E-state index contributed by atoms with van der Waals surface area (Å²) in [6.45, 7) is 1.36. The largest absolute Gasteiger partial charge is 0.381 e. The molecule has 2 aliphatic carbocycles. The van der Waals surface area contributed by atoms with E-state index in [1.54, 1.807) is 10.9 Å². The maximum Gasteiger partial charge on any atom is 0.274 e. The first-order valence-corrected chi connectivity index (χ1v) is 8.18. The van der Waals surface area contributed by atoms with Crippen molar-refractivity contribution in [2.75, 3.05) is 18.6 Å². The molecule has 0 unspecified atom stereocenters. The summed E-state index contributed by atoms with van der Waals surface area (Å²) in [6, 6.07) is 7.98. The van der Waals surface area contributed by atoms with Gasteiger partial charge < -0.3 is 4.74 Å². The van der Waals surface area contributed by atoms with Crippen LogP contribution in [0.4, 0.5) is 5.69 Å². The number of hydrazone groups is 1. The van der Waals surface area contributed by atoms with Gasteiger partial charge in [-0.25, -0.2) is 4.68 Å². The van der Waals surface area contributed by atoms with E-state index in [1.807, 2.05) is 30.3 Å². The summed E-state index contributed by atoms with van der Waals surface area (Å²) >= 11 is 0. The zero-order chi connectivity index (χ0) is 16.1. The van der Waals surface area contributed by atoms with E-state index in [1.165, 1.54) is 0 Å². The Morgan fingerprint density at radius 2 is 2.04 bits per heavy atom. The number of nitrogens with zero attached hydrogens (tertiary/aromatic N) is 3. The van der Waals surface area contributed by atoms with Gasteiger partial charge in [0.25, 0.3) is 5.56 Å². The van der Waals surface area contributed by atoms with E-state index < -0.39 is 0 Å². The lowest BCUT2D eigenvalue weighted by Crippen LogP contribution is -2.31. The molecular formula is C18H16N4O2. The molecule has 6 nitrogen and oxygen atoms in total. The van der Waals surface area contributed by atoms with Crippen molar-refractivity contribution in [1.29, 1.82) is 0 Å². The first-order valence-electron chi connectivity index (χ1n) is 8.18. The van der Waals surface area contributed by atoms with Gasteiger partial charge in [-0.1, -0.05) is 6.07 Å². The summed E-state index contributed by atoms with van der Waals surface area (Å²) < 4.78 is 7.07. The third-order valence-corrected chi connectivity index (χ3v) is 4.89. The van der Waals surface area contributed by atoms with E-state index in [-0.39, 0.29) is 11.6 Å². The van der Waals surface area contributed by atoms with E-state index in [9.17, 15) is 4.79 Å². The maximum atomic E-state index is 13.1. The summed E-state index contributed by atoms with van der Waals surface area (Å²) in [7, 11) is 0. The summed E-state index contributed by atoms with van der Waals surface area (Å²) in [4.78, 5) is 13.1. The summed E-state index contributed by atoms with van der Waals surface area (Å²) in [6.07, 6.45) is 5.31. The highest BCUT2D eigenvalue weighted by atomic mass is 16.5. The molecule has 1 saturated heterocycles. The first kappa shape index (κ1) is 13.7. The minimum Gasteiger partial charge on any atom is -0.381 e. The van der Waals surface area contributed by atoms with Crippen molar-refractivity contribution < 1.29 is 4.74 Å². The molecule has 1 N–H and O–H groups in total. The van der Waals surface area contributed by atoms with Gasteiger partial charge in [-0.2, -0.15) is 10.2 Å². The van der Waals surface area contributed by atoms with Crippen LogP contribution in [0.25, 0.3) is 28.1 Å². The Morgan fingerprint density at radius 1 is 1.17 bits per heavy atom. The van der Waals surface area contributed by atoms with Crippen LogP contribution in [-0.2, 0) is 4.74 Å². The lowest BCUT2D eigenvalue weighted by Gasteiger charge is -2.23. The van der Waals surface area contributed by atoms with Crippen LogP contribution in [0.3, 0.4) is 0 Å². The Morgan fingerprint density at radius 3 is 2.92 bits per heavy atom. The molecule has 0 atom stereocenters. The van der Waals surface area contributed by atoms with Gasteiger partial charge in [0.1, 0.15) is 0 Å². The summed E-state index contributed by atoms with van der Waals surface area (Å²) in [5.41, 5.74) is 6.69. The monoisotopic (exact) mass is 320 g/mol. The molecule has 0 bridgehead atoms. The molecule has 0 spiro atoms. The lowest BCUT2D eigenvalue weighted by atomic mass is 10.1. The second-order valence-corrected chi connectivity index (χ2v) is 6.23. The number of aromatic nitrogens is 2. The normalized spacial score (nSPS) is 17.7. The van der Waals surface area contributed by atoms with E-state index >= 15 is 0 Å². The average molecular weight is 320 g/mol. The van der Waals surface area contributed by atoms with Crippen LogP contribution >= 0.6 is 0 Å². The molecule has 3 heterocycles. The zero-order valence-electron chi connectivity index (χ0n) is 13.0. The number of rotatable bonds is 1. The van der Waals surface area contributed by atoms with Crippen LogP contribution in [0.2, 0.25) is 0 Å². The Balaban J connectivity index is 1.82. The molecule has 6 heteroatoms. The number of anilines is 1. The predicted molar refractivity (Wildman–Crippen MR) is 93.5 cm³/mol. The number of nitrogens with one attached hydrogen (secondary N) is 1. The minimum absolute atomic E-state index is 0.0288. The number of ether oxygens (including phenoxy) is 1. The molecule has 4 aliphatic rings. The van der Waals surface area contributed by atoms with E-state index in [2.05, 4.69) is 15.6 Å². The van der Waals surface area contributed by atoms with E-state index in [4.69, 9.17) is 4.74 Å². The van der Waals surface area contributed by atoms with Crippen LogP contribution in [0.5, 0.6) is 0 Å². The molecule has 2 aliphatic heterocycles. The third-order valence-electron chi connectivity index (χ3n) is 4.89. The van der Waals surface area contributed by atoms with E-state index in [0.29, 0.717) is 18.6 Å². The Kier molecular flexibility index (Phi) is 2.93. The molecule has 120 valence electrons. The molecule has 5 rings (SSSR count). The van der Waals surface area contributed by atoms with Gasteiger partial charge in [-0.3, -0.25) is 10.2 Å².